The SMILES string of the molecule is C[C@H](NC(=O)Cc1cccnc1)C(=O)O. The number of carbonyl (C=O) groups is 2. The number of carbonyl (C=O) groups excluding carboxylic acids is 1. The van der Waals surface area contributed by atoms with Gasteiger partial charge in [0.25, 0.3) is 0 Å². The van der Waals surface area contributed by atoms with Gasteiger partial charge in [-0.2, -0.15) is 0 Å². The molecule has 5 nitrogen and oxygen atoms in total. The van der Waals surface area contributed by atoms with Crippen LogP contribution in [0.25, 0.3) is 0 Å². The van der Waals surface area contributed by atoms with E-state index < -0.39 is 12.0 Å². The van der Waals surface area contributed by atoms with Gasteiger partial charge in [0.1, 0.15) is 6.04 Å². The lowest BCUT2D eigenvalue weighted by molar-refractivity contribution is -0.141. The zero-order valence-corrected chi connectivity index (χ0v) is 8.30. The third-order valence-corrected chi connectivity index (χ3v) is 1.84. The second kappa shape index (κ2) is 5.09. The number of amides is 1. The standard InChI is InChI=1S/C10H12N2O3/c1-7(10(14)15)12-9(13)5-8-3-2-4-11-6-8/h2-4,6-7H,5H2,1H3,(H,12,13)(H,14,15)/t7-/m0/s1. The summed E-state index contributed by atoms with van der Waals surface area (Å²) in [6.45, 7) is 1.42. The van der Waals surface area contributed by atoms with Crippen molar-refractivity contribution in [3.63, 3.8) is 0 Å². The molecular formula is C10H12N2O3. The summed E-state index contributed by atoms with van der Waals surface area (Å²) < 4.78 is 0. The quantitative estimate of drug-likeness (QED) is 0.741. The minimum Gasteiger partial charge on any atom is -0.480 e. The smallest absolute Gasteiger partial charge is 0.325 e. The third kappa shape index (κ3) is 3.76. The molecule has 0 aliphatic rings. The molecule has 0 unspecified atom stereocenters. The minimum atomic E-state index is -1.05. The summed E-state index contributed by atoms with van der Waals surface area (Å²) in [5, 5.41) is 10.9. The van der Waals surface area contributed by atoms with E-state index in [9.17, 15) is 9.59 Å². The number of carboxylic acid groups (broad SMARTS) is 1. The molecule has 0 aliphatic carbocycles. The number of hydrogen-bond donors (Lipinski definition) is 2. The van der Waals surface area contributed by atoms with Crippen molar-refractivity contribution >= 4 is 11.9 Å². The van der Waals surface area contributed by atoms with Gasteiger partial charge in [0.2, 0.25) is 5.91 Å². The predicted octanol–water partition coefficient (Wildman–Crippen LogP) is 0.213. The maximum Gasteiger partial charge on any atom is 0.325 e. The van der Waals surface area contributed by atoms with Crippen LogP contribution in [0.4, 0.5) is 0 Å². The highest BCUT2D eigenvalue weighted by molar-refractivity contribution is 5.84. The highest BCUT2D eigenvalue weighted by atomic mass is 16.4. The average Bonchev–Trinajstić information content (AvgIpc) is 2.18. The molecule has 0 radical (unpaired) electrons. The van der Waals surface area contributed by atoms with Crippen LogP contribution >= 0.6 is 0 Å². The first kappa shape index (κ1) is 11.2. The molecule has 0 aliphatic heterocycles. The van der Waals surface area contributed by atoms with E-state index in [0.29, 0.717) is 0 Å². The zero-order valence-electron chi connectivity index (χ0n) is 8.30. The number of rotatable bonds is 4. The normalized spacial score (nSPS) is 11.8. The lowest BCUT2D eigenvalue weighted by atomic mass is 10.2. The van der Waals surface area contributed by atoms with Gasteiger partial charge in [-0.3, -0.25) is 14.6 Å². The minimum absolute atomic E-state index is 0.144. The molecular weight excluding hydrogens is 196 g/mol. The van der Waals surface area contributed by atoms with Crippen LogP contribution in [0.15, 0.2) is 24.5 Å². The van der Waals surface area contributed by atoms with Gasteiger partial charge in [0.05, 0.1) is 6.42 Å². The van der Waals surface area contributed by atoms with Crippen LogP contribution in [0.2, 0.25) is 0 Å². The fourth-order valence-corrected chi connectivity index (χ4v) is 1.04. The fraction of sp³-hybridized carbons (Fsp3) is 0.300. The van der Waals surface area contributed by atoms with Crippen LogP contribution in [0, 0.1) is 0 Å². The van der Waals surface area contributed by atoms with E-state index >= 15 is 0 Å². The molecule has 2 N–H and O–H groups in total. The van der Waals surface area contributed by atoms with Gasteiger partial charge in [-0.15, -0.1) is 0 Å². The number of aromatic nitrogens is 1. The van der Waals surface area contributed by atoms with E-state index in [2.05, 4.69) is 10.3 Å². The summed E-state index contributed by atoms with van der Waals surface area (Å²) in [7, 11) is 0. The first-order valence-corrected chi connectivity index (χ1v) is 4.50. The van der Waals surface area contributed by atoms with Crippen LogP contribution in [0.1, 0.15) is 12.5 Å². The van der Waals surface area contributed by atoms with Crippen LogP contribution < -0.4 is 5.32 Å². The number of pyridine rings is 1. The molecule has 0 aromatic carbocycles. The van der Waals surface area contributed by atoms with Crippen molar-refractivity contribution < 1.29 is 14.7 Å². The molecule has 1 heterocycles. The molecule has 0 fully saturated rings. The number of nitrogens with zero attached hydrogens (tertiary/aromatic N) is 1. The molecule has 1 rings (SSSR count). The van der Waals surface area contributed by atoms with Gasteiger partial charge in [-0.05, 0) is 18.6 Å². The summed E-state index contributed by atoms with van der Waals surface area (Å²) in [6.07, 6.45) is 3.33. The van der Waals surface area contributed by atoms with E-state index in [1.165, 1.54) is 6.92 Å². The van der Waals surface area contributed by atoms with Gasteiger partial charge >= 0.3 is 5.97 Å². The lowest BCUT2D eigenvalue weighted by Gasteiger charge is -2.08. The van der Waals surface area contributed by atoms with E-state index in [1.54, 1.807) is 24.5 Å². The molecule has 0 spiro atoms. The molecule has 1 amide bonds. The zero-order chi connectivity index (χ0) is 11.3. The Kier molecular flexibility index (Phi) is 3.79. The Balaban J connectivity index is 2.47. The molecule has 0 bridgehead atoms. The number of aliphatic carboxylic acids is 1. The Bertz CT molecular complexity index is 351. The van der Waals surface area contributed by atoms with Crippen molar-refractivity contribution in [2.75, 3.05) is 0 Å². The molecule has 15 heavy (non-hydrogen) atoms. The van der Waals surface area contributed by atoms with Crippen LogP contribution in [-0.4, -0.2) is 28.0 Å². The summed E-state index contributed by atoms with van der Waals surface area (Å²) in [6, 6.07) is 2.62. The van der Waals surface area contributed by atoms with Crippen molar-refractivity contribution in [3.8, 4) is 0 Å². The Morgan fingerprint density at radius 2 is 2.33 bits per heavy atom. The first-order valence-electron chi connectivity index (χ1n) is 4.50. The molecule has 5 heteroatoms. The van der Waals surface area contributed by atoms with Crippen molar-refractivity contribution in [2.24, 2.45) is 0 Å². The fourth-order valence-electron chi connectivity index (χ4n) is 1.04. The van der Waals surface area contributed by atoms with Gasteiger partial charge in [-0.25, -0.2) is 0 Å². The number of hydrogen-bond acceptors (Lipinski definition) is 3. The van der Waals surface area contributed by atoms with Gasteiger partial charge in [-0.1, -0.05) is 6.07 Å². The van der Waals surface area contributed by atoms with Crippen molar-refractivity contribution in [1.29, 1.82) is 0 Å². The van der Waals surface area contributed by atoms with Crippen LogP contribution in [-0.2, 0) is 16.0 Å². The summed E-state index contributed by atoms with van der Waals surface area (Å²) in [4.78, 5) is 25.6. The van der Waals surface area contributed by atoms with Gasteiger partial charge in [0.15, 0.2) is 0 Å². The molecule has 1 aromatic heterocycles. The van der Waals surface area contributed by atoms with E-state index in [-0.39, 0.29) is 12.3 Å². The first-order chi connectivity index (χ1) is 7.09. The number of carboxylic acids is 1. The Morgan fingerprint density at radius 3 is 2.87 bits per heavy atom. The van der Waals surface area contributed by atoms with Crippen molar-refractivity contribution in [3.05, 3.63) is 30.1 Å². The molecule has 80 valence electrons. The van der Waals surface area contributed by atoms with Gasteiger partial charge < -0.3 is 10.4 Å². The van der Waals surface area contributed by atoms with Crippen LogP contribution in [0.5, 0.6) is 0 Å². The Labute approximate surface area is 87.1 Å². The lowest BCUT2D eigenvalue weighted by Crippen LogP contribution is -2.39. The average molecular weight is 208 g/mol. The molecule has 0 saturated heterocycles. The third-order valence-electron chi connectivity index (χ3n) is 1.84. The maximum absolute atomic E-state index is 11.3. The summed E-state index contributed by atoms with van der Waals surface area (Å²) in [5.74, 6) is -1.37. The molecule has 1 atom stereocenters. The Hall–Kier alpha value is -1.91. The second-order valence-electron chi connectivity index (χ2n) is 3.17. The topological polar surface area (TPSA) is 79.3 Å². The predicted molar refractivity (Wildman–Crippen MR) is 53.2 cm³/mol. The van der Waals surface area contributed by atoms with Gasteiger partial charge in [0, 0.05) is 12.4 Å². The molecule has 1 aromatic rings. The highest BCUT2D eigenvalue weighted by Gasteiger charge is 2.13. The maximum atomic E-state index is 11.3. The highest BCUT2D eigenvalue weighted by Crippen LogP contribution is 1.97. The second-order valence-corrected chi connectivity index (χ2v) is 3.17. The van der Waals surface area contributed by atoms with Crippen LogP contribution in [0.3, 0.4) is 0 Å². The Morgan fingerprint density at radius 1 is 1.60 bits per heavy atom. The molecule has 0 saturated carbocycles. The number of nitrogens with one attached hydrogen (secondary N) is 1. The van der Waals surface area contributed by atoms with Crippen molar-refractivity contribution in [2.45, 2.75) is 19.4 Å². The largest absolute Gasteiger partial charge is 0.480 e. The van der Waals surface area contributed by atoms with E-state index in [4.69, 9.17) is 5.11 Å². The monoisotopic (exact) mass is 208 g/mol. The summed E-state index contributed by atoms with van der Waals surface area (Å²) >= 11 is 0. The summed E-state index contributed by atoms with van der Waals surface area (Å²) in [5.41, 5.74) is 0.757. The van der Waals surface area contributed by atoms with Crippen molar-refractivity contribution in [1.82, 2.24) is 10.3 Å². The van der Waals surface area contributed by atoms with E-state index in [0.717, 1.165) is 5.56 Å². The van der Waals surface area contributed by atoms with E-state index in [1.807, 2.05) is 0 Å².